The Morgan fingerprint density at radius 1 is 0.912 bits per heavy atom. The second-order valence-corrected chi connectivity index (χ2v) is 9.30. The van der Waals surface area contributed by atoms with E-state index in [1.807, 2.05) is 48.5 Å². The summed E-state index contributed by atoms with van der Waals surface area (Å²) in [5.41, 5.74) is 0.666. The number of aromatic hydroxyl groups is 1. The van der Waals surface area contributed by atoms with E-state index in [0.29, 0.717) is 23.7 Å². The number of likely N-dealkylation sites (tertiary alicyclic amines) is 1. The largest absolute Gasteiger partial charge is 0.505 e. The van der Waals surface area contributed by atoms with Crippen LogP contribution in [0, 0.1) is 5.82 Å². The lowest BCUT2D eigenvalue weighted by atomic mass is 10.1. The van der Waals surface area contributed by atoms with E-state index in [1.165, 1.54) is 42.7 Å². The number of thiophene rings is 1. The third kappa shape index (κ3) is 5.46. The molecule has 0 saturated carbocycles. The predicted octanol–water partition coefficient (Wildman–Crippen LogP) is 7.49. The fourth-order valence-electron chi connectivity index (χ4n) is 4.16. The maximum Gasteiger partial charge on any atom is 0.165 e. The molecule has 5 rings (SSSR count). The number of benzene rings is 3. The minimum absolute atomic E-state index is 0. The first-order valence-electron chi connectivity index (χ1n) is 11.3. The SMILES string of the molecule is Cl.Oc1ccc(-c2sc3ccccc3c2Oc2ccc(OCCN3CCCCC3)cc2)cc1F. The van der Waals surface area contributed by atoms with E-state index in [-0.39, 0.29) is 18.2 Å². The number of nitrogens with zero attached hydrogens (tertiary/aromatic N) is 1. The lowest BCUT2D eigenvalue weighted by Gasteiger charge is -2.26. The molecule has 1 N–H and O–H groups in total. The second kappa shape index (κ2) is 11.1. The Hall–Kier alpha value is -2.80. The van der Waals surface area contributed by atoms with Gasteiger partial charge in [-0.05, 0) is 86.1 Å². The normalized spacial score (nSPS) is 14.0. The summed E-state index contributed by atoms with van der Waals surface area (Å²) in [6.45, 7) is 3.95. The average molecular weight is 500 g/mol. The first-order chi connectivity index (χ1) is 16.2. The van der Waals surface area contributed by atoms with Crippen LogP contribution in [0.3, 0.4) is 0 Å². The van der Waals surface area contributed by atoms with Crippen LogP contribution in [-0.2, 0) is 0 Å². The van der Waals surface area contributed by atoms with Gasteiger partial charge in [0.05, 0.1) is 4.88 Å². The van der Waals surface area contributed by atoms with E-state index in [0.717, 1.165) is 40.3 Å². The van der Waals surface area contributed by atoms with Crippen molar-refractivity contribution in [2.24, 2.45) is 0 Å². The number of halogens is 2. The summed E-state index contributed by atoms with van der Waals surface area (Å²) in [6.07, 6.45) is 3.89. The fraction of sp³-hybridized carbons (Fsp3) is 0.259. The van der Waals surface area contributed by atoms with Crippen molar-refractivity contribution in [1.82, 2.24) is 4.90 Å². The van der Waals surface area contributed by atoms with Crippen LogP contribution >= 0.6 is 23.7 Å². The second-order valence-electron chi connectivity index (χ2n) is 8.25. The Bertz CT molecular complexity index is 1240. The number of hydrogen-bond acceptors (Lipinski definition) is 5. The molecule has 4 aromatic rings. The molecular formula is C27H27ClFNO3S. The van der Waals surface area contributed by atoms with Crippen molar-refractivity contribution in [3.05, 3.63) is 72.5 Å². The highest BCUT2D eigenvalue weighted by Gasteiger charge is 2.17. The minimum Gasteiger partial charge on any atom is -0.505 e. The molecule has 0 bridgehead atoms. The van der Waals surface area contributed by atoms with Crippen molar-refractivity contribution in [2.45, 2.75) is 19.3 Å². The molecule has 1 saturated heterocycles. The Labute approximate surface area is 209 Å². The standard InChI is InChI=1S/C27H26FNO3S.ClH/c28-23-18-19(8-13-24(23)30)27-26(22-6-2-3-7-25(22)33-27)32-21-11-9-20(10-12-21)31-17-16-29-14-4-1-5-15-29;/h2-3,6-13,18,30H,1,4-5,14-17H2;1H. The molecular weight excluding hydrogens is 473 g/mol. The molecule has 0 atom stereocenters. The first kappa shape index (κ1) is 24.3. The monoisotopic (exact) mass is 499 g/mol. The highest BCUT2D eigenvalue weighted by Crippen LogP contribution is 2.46. The summed E-state index contributed by atoms with van der Waals surface area (Å²) in [5.74, 6) is 1.16. The van der Waals surface area contributed by atoms with Crippen molar-refractivity contribution in [3.63, 3.8) is 0 Å². The minimum atomic E-state index is -0.651. The third-order valence-corrected chi connectivity index (χ3v) is 7.13. The van der Waals surface area contributed by atoms with Crippen molar-refractivity contribution in [2.75, 3.05) is 26.2 Å². The van der Waals surface area contributed by atoms with Crippen LogP contribution in [0.4, 0.5) is 4.39 Å². The molecule has 2 heterocycles. The van der Waals surface area contributed by atoms with Gasteiger partial charge in [-0.2, -0.15) is 0 Å². The Kier molecular flexibility index (Phi) is 7.93. The number of rotatable bonds is 7. The van der Waals surface area contributed by atoms with E-state index in [1.54, 1.807) is 6.07 Å². The van der Waals surface area contributed by atoms with Gasteiger partial charge in [-0.3, -0.25) is 4.90 Å². The molecule has 1 aliphatic rings. The molecule has 178 valence electrons. The molecule has 1 aromatic heterocycles. The maximum absolute atomic E-state index is 14.0. The highest BCUT2D eigenvalue weighted by atomic mass is 35.5. The van der Waals surface area contributed by atoms with Gasteiger partial charge in [-0.15, -0.1) is 23.7 Å². The van der Waals surface area contributed by atoms with Crippen LogP contribution in [0.2, 0.25) is 0 Å². The van der Waals surface area contributed by atoms with Gasteiger partial charge in [0.25, 0.3) is 0 Å². The number of piperidine rings is 1. The zero-order chi connectivity index (χ0) is 22.6. The van der Waals surface area contributed by atoms with E-state index in [9.17, 15) is 9.50 Å². The molecule has 3 aromatic carbocycles. The third-order valence-electron chi connectivity index (χ3n) is 5.93. The molecule has 0 spiro atoms. The van der Waals surface area contributed by atoms with Crippen molar-refractivity contribution in [3.8, 4) is 33.4 Å². The van der Waals surface area contributed by atoms with Crippen LogP contribution < -0.4 is 9.47 Å². The van der Waals surface area contributed by atoms with Gasteiger partial charge in [0.15, 0.2) is 17.3 Å². The molecule has 0 unspecified atom stereocenters. The van der Waals surface area contributed by atoms with Crippen LogP contribution in [-0.4, -0.2) is 36.2 Å². The van der Waals surface area contributed by atoms with Gasteiger partial charge in [-0.25, -0.2) is 4.39 Å². The van der Waals surface area contributed by atoms with E-state index < -0.39 is 5.82 Å². The van der Waals surface area contributed by atoms with Crippen molar-refractivity contribution in [1.29, 1.82) is 0 Å². The van der Waals surface area contributed by atoms with E-state index in [2.05, 4.69) is 4.90 Å². The maximum atomic E-state index is 14.0. The summed E-state index contributed by atoms with van der Waals surface area (Å²) in [6, 6.07) is 20.0. The zero-order valence-electron chi connectivity index (χ0n) is 18.7. The summed E-state index contributed by atoms with van der Waals surface area (Å²) in [5, 5.41) is 10.5. The summed E-state index contributed by atoms with van der Waals surface area (Å²) < 4.78 is 27.3. The van der Waals surface area contributed by atoms with Gasteiger partial charge in [-0.1, -0.05) is 18.6 Å². The van der Waals surface area contributed by atoms with Crippen LogP contribution in [0.5, 0.6) is 23.0 Å². The number of phenolic OH excluding ortho intramolecular Hbond substituents is 1. The molecule has 1 fully saturated rings. The van der Waals surface area contributed by atoms with Gasteiger partial charge in [0.1, 0.15) is 18.1 Å². The van der Waals surface area contributed by atoms with Gasteiger partial charge < -0.3 is 14.6 Å². The summed E-state index contributed by atoms with van der Waals surface area (Å²) in [4.78, 5) is 3.27. The lowest BCUT2D eigenvalue weighted by molar-refractivity contribution is 0.183. The topological polar surface area (TPSA) is 41.9 Å². The fourth-order valence-corrected chi connectivity index (χ4v) is 5.29. The van der Waals surface area contributed by atoms with Crippen LogP contribution in [0.25, 0.3) is 20.5 Å². The molecule has 4 nitrogen and oxygen atoms in total. The average Bonchev–Trinajstić information content (AvgIpc) is 3.21. The van der Waals surface area contributed by atoms with Crippen LogP contribution in [0.1, 0.15) is 19.3 Å². The Balaban J connectivity index is 0.00000274. The summed E-state index contributed by atoms with van der Waals surface area (Å²) >= 11 is 1.54. The highest BCUT2D eigenvalue weighted by molar-refractivity contribution is 7.22. The van der Waals surface area contributed by atoms with Gasteiger partial charge in [0, 0.05) is 16.6 Å². The molecule has 0 amide bonds. The smallest absolute Gasteiger partial charge is 0.165 e. The van der Waals surface area contributed by atoms with Crippen molar-refractivity contribution < 1.29 is 19.0 Å². The molecule has 0 radical (unpaired) electrons. The Morgan fingerprint density at radius 3 is 2.41 bits per heavy atom. The molecule has 34 heavy (non-hydrogen) atoms. The number of ether oxygens (including phenoxy) is 2. The zero-order valence-corrected chi connectivity index (χ0v) is 20.3. The van der Waals surface area contributed by atoms with Gasteiger partial charge >= 0.3 is 0 Å². The lowest BCUT2D eigenvalue weighted by Crippen LogP contribution is -2.33. The number of fused-ring (bicyclic) bond motifs is 1. The van der Waals surface area contributed by atoms with Crippen LogP contribution in [0.15, 0.2) is 66.7 Å². The quantitative estimate of drug-likeness (QED) is 0.286. The first-order valence-corrected chi connectivity index (χ1v) is 12.1. The predicted molar refractivity (Wildman–Crippen MR) is 138 cm³/mol. The summed E-state index contributed by atoms with van der Waals surface area (Å²) in [7, 11) is 0. The van der Waals surface area contributed by atoms with E-state index in [4.69, 9.17) is 9.47 Å². The molecule has 1 aliphatic heterocycles. The molecule has 0 aliphatic carbocycles. The van der Waals surface area contributed by atoms with E-state index >= 15 is 0 Å². The van der Waals surface area contributed by atoms with Crippen molar-refractivity contribution >= 4 is 33.8 Å². The number of phenols is 1. The Morgan fingerprint density at radius 2 is 1.65 bits per heavy atom. The molecule has 7 heteroatoms. The van der Waals surface area contributed by atoms with Gasteiger partial charge in [0.2, 0.25) is 0 Å². The number of hydrogen-bond donors (Lipinski definition) is 1.